The Bertz CT molecular complexity index is 630. The van der Waals surface area contributed by atoms with Gasteiger partial charge in [-0.25, -0.2) is 4.98 Å². The molecule has 0 spiro atoms. The highest BCUT2D eigenvalue weighted by atomic mass is 32.2. The Balaban J connectivity index is 1.66. The van der Waals surface area contributed by atoms with Crippen LogP contribution in [0.5, 0.6) is 0 Å². The lowest BCUT2D eigenvalue weighted by Crippen LogP contribution is -2.25. The van der Waals surface area contributed by atoms with Crippen LogP contribution in [0.1, 0.15) is 31.0 Å². The summed E-state index contributed by atoms with van der Waals surface area (Å²) in [6.07, 6.45) is 2.86. The number of benzene rings is 1. The topological polar surface area (TPSA) is 39.2 Å². The van der Waals surface area contributed by atoms with Crippen molar-refractivity contribution in [3.05, 3.63) is 40.9 Å². The lowest BCUT2D eigenvalue weighted by molar-refractivity contribution is 0.0992. The Morgan fingerprint density at radius 2 is 2.00 bits per heavy atom. The summed E-state index contributed by atoms with van der Waals surface area (Å²) in [6, 6.07) is 8.54. The first-order valence-electron chi connectivity index (χ1n) is 7.75. The smallest absolute Gasteiger partial charge is 0.123 e. The predicted molar refractivity (Wildman–Crippen MR) is 92.6 cm³/mol. The van der Waals surface area contributed by atoms with Gasteiger partial charge in [-0.05, 0) is 24.8 Å². The summed E-state index contributed by atoms with van der Waals surface area (Å²) in [5.74, 6) is 0.564. The Kier molecular flexibility index (Phi) is 5.39. The normalized spacial score (nSPS) is 17.5. The van der Waals surface area contributed by atoms with Crippen LogP contribution in [0.3, 0.4) is 0 Å². The van der Waals surface area contributed by atoms with Gasteiger partial charge in [-0.2, -0.15) is 0 Å². The van der Waals surface area contributed by atoms with E-state index in [0.29, 0.717) is 5.75 Å². The third-order valence-corrected chi connectivity index (χ3v) is 6.73. The van der Waals surface area contributed by atoms with Crippen LogP contribution in [0.4, 0.5) is 0 Å². The van der Waals surface area contributed by atoms with E-state index < -0.39 is 10.8 Å². The highest BCUT2D eigenvalue weighted by Crippen LogP contribution is 2.25. The molecule has 2 aromatic rings. The van der Waals surface area contributed by atoms with Crippen molar-refractivity contribution in [1.82, 2.24) is 4.98 Å². The molecule has 0 radical (unpaired) electrons. The summed E-state index contributed by atoms with van der Waals surface area (Å²) in [5, 5.41) is 3.32. The number of hydrogen-bond acceptors (Lipinski definition) is 4. The van der Waals surface area contributed by atoms with Crippen LogP contribution >= 0.6 is 11.3 Å². The molecule has 0 N–H and O–H groups in total. The largest absolute Gasteiger partial charge is 0.381 e. The van der Waals surface area contributed by atoms with Gasteiger partial charge < -0.3 is 4.74 Å². The molecule has 1 fully saturated rings. The van der Waals surface area contributed by atoms with Gasteiger partial charge in [0.25, 0.3) is 0 Å². The van der Waals surface area contributed by atoms with Gasteiger partial charge >= 0.3 is 0 Å². The highest BCUT2D eigenvalue weighted by molar-refractivity contribution is 7.84. The highest BCUT2D eigenvalue weighted by Gasteiger charge is 2.21. The van der Waals surface area contributed by atoms with E-state index >= 15 is 0 Å². The number of aromatic nitrogens is 1. The maximum absolute atomic E-state index is 12.4. The van der Waals surface area contributed by atoms with E-state index in [2.05, 4.69) is 36.2 Å². The first-order chi connectivity index (χ1) is 10.8. The molecule has 1 aliphatic heterocycles. The van der Waals surface area contributed by atoms with Gasteiger partial charge in [0, 0.05) is 40.2 Å². The summed E-state index contributed by atoms with van der Waals surface area (Å²) >= 11 is 1.63. The third-order valence-electron chi connectivity index (χ3n) is 3.99. The monoisotopic (exact) mass is 335 g/mol. The SMILES string of the molecule is CCc1ccc(-c2nc(C[S@@](=O)C3CCOCC3)cs2)cc1. The van der Waals surface area contributed by atoms with Crippen LogP contribution < -0.4 is 0 Å². The quantitative estimate of drug-likeness (QED) is 0.834. The molecule has 1 saturated heterocycles. The van der Waals surface area contributed by atoms with Gasteiger partial charge in [0.15, 0.2) is 0 Å². The van der Waals surface area contributed by atoms with Crippen LogP contribution in [-0.2, 0) is 27.7 Å². The van der Waals surface area contributed by atoms with E-state index in [4.69, 9.17) is 4.74 Å². The maximum Gasteiger partial charge on any atom is 0.123 e. The van der Waals surface area contributed by atoms with Crippen LogP contribution in [0.25, 0.3) is 10.6 Å². The van der Waals surface area contributed by atoms with Crippen molar-refractivity contribution in [3.63, 3.8) is 0 Å². The number of aryl methyl sites for hydroxylation is 1. The molecular weight excluding hydrogens is 314 g/mol. The van der Waals surface area contributed by atoms with Crippen molar-refractivity contribution in [2.45, 2.75) is 37.2 Å². The second-order valence-corrected chi connectivity index (χ2v) is 8.11. The minimum atomic E-state index is -0.841. The van der Waals surface area contributed by atoms with Gasteiger partial charge in [0.05, 0.1) is 11.4 Å². The van der Waals surface area contributed by atoms with Crippen LogP contribution in [0.15, 0.2) is 29.6 Å². The van der Waals surface area contributed by atoms with Crippen molar-refractivity contribution in [2.24, 2.45) is 0 Å². The number of nitrogens with zero attached hydrogens (tertiary/aromatic N) is 1. The fourth-order valence-corrected chi connectivity index (χ4v) is 4.92. The molecule has 1 aromatic carbocycles. The van der Waals surface area contributed by atoms with Crippen LogP contribution in [-0.4, -0.2) is 27.7 Å². The van der Waals surface area contributed by atoms with E-state index in [-0.39, 0.29) is 5.25 Å². The minimum Gasteiger partial charge on any atom is -0.381 e. The Labute approximate surface area is 138 Å². The maximum atomic E-state index is 12.4. The van der Waals surface area contributed by atoms with Crippen molar-refractivity contribution < 1.29 is 8.95 Å². The molecule has 3 nitrogen and oxygen atoms in total. The summed E-state index contributed by atoms with van der Waals surface area (Å²) in [6.45, 7) is 3.63. The molecular formula is C17H21NO2S2. The fraction of sp³-hybridized carbons (Fsp3) is 0.471. The Morgan fingerprint density at radius 1 is 1.27 bits per heavy atom. The molecule has 3 rings (SSSR count). The van der Waals surface area contributed by atoms with Gasteiger partial charge in [-0.1, -0.05) is 31.2 Å². The van der Waals surface area contributed by atoms with Gasteiger partial charge in [-0.3, -0.25) is 4.21 Å². The standard InChI is InChI=1S/C17H21NO2S2/c1-2-13-3-5-14(6-4-13)17-18-15(11-21-17)12-22(19)16-7-9-20-10-8-16/h3-6,11,16H,2,7-10,12H2,1H3/t22-/m1/s1. The van der Waals surface area contributed by atoms with Gasteiger partial charge in [0.1, 0.15) is 5.01 Å². The second kappa shape index (κ2) is 7.49. The fourth-order valence-electron chi connectivity index (χ4n) is 2.59. The zero-order valence-electron chi connectivity index (χ0n) is 12.8. The van der Waals surface area contributed by atoms with Crippen molar-refractivity contribution in [2.75, 3.05) is 13.2 Å². The number of ether oxygens (including phenoxy) is 1. The van der Waals surface area contributed by atoms with Gasteiger partial charge in [0.2, 0.25) is 0 Å². The molecule has 118 valence electrons. The lowest BCUT2D eigenvalue weighted by Gasteiger charge is -2.20. The van der Waals surface area contributed by atoms with E-state index in [0.717, 1.165) is 48.7 Å². The van der Waals surface area contributed by atoms with Crippen molar-refractivity contribution in [3.8, 4) is 10.6 Å². The molecule has 22 heavy (non-hydrogen) atoms. The first kappa shape index (κ1) is 15.8. The molecule has 0 aliphatic carbocycles. The predicted octanol–water partition coefficient (Wildman–Crippen LogP) is 3.80. The Hall–Kier alpha value is -1.04. The molecule has 1 aromatic heterocycles. The minimum absolute atomic E-state index is 0.266. The van der Waals surface area contributed by atoms with Crippen LogP contribution in [0, 0.1) is 0 Å². The second-order valence-electron chi connectivity index (χ2n) is 5.53. The van der Waals surface area contributed by atoms with Crippen LogP contribution in [0.2, 0.25) is 0 Å². The van der Waals surface area contributed by atoms with E-state index in [1.54, 1.807) is 11.3 Å². The molecule has 1 atom stereocenters. The summed E-state index contributed by atoms with van der Waals surface area (Å²) in [4.78, 5) is 4.67. The third kappa shape index (κ3) is 3.83. The number of hydrogen-bond donors (Lipinski definition) is 0. The van der Waals surface area contributed by atoms with Crippen molar-refractivity contribution >= 4 is 22.1 Å². The molecule has 1 aliphatic rings. The molecule has 2 heterocycles. The Morgan fingerprint density at radius 3 is 2.68 bits per heavy atom. The number of rotatable bonds is 5. The number of thiazole rings is 1. The lowest BCUT2D eigenvalue weighted by atomic mass is 10.1. The van der Waals surface area contributed by atoms with Gasteiger partial charge in [-0.15, -0.1) is 11.3 Å². The molecule has 5 heteroatoms. The van der Waals surface area contributed by atoms with Crippen molar-refractivity contribution in [1.29, 1.82) is 0 Å². The molecule has 0 unspecified atom stereocenters. The zero-order chi connectivity index (χ0) is 15.4. The molecule has 0 amide bonds. The molecule has 0 saturated carbocycles. The van der Waals surface area contributed by atoms with E-state index in [1.807, 2.05) is 5.38 Å². The van der Waals surface area contributed by atoms with E-state index in [9.17, 15) is 4.21 Å². The zero-order valence-corrected chi connectivity index (χ0v) is 14.4. The average Bonchev–Trinajstić information content (AvgIpc) is 3.04. The summed E-state index contributed by atoms with van der Waals surface area (Å²) < 4.78 is 17.7. The molecule has 0 bridgehead atoms. The average molecular weight is 335 g/mol. The first-order valence-corrected chi connectivity index (χ1v) is 10.0. The van der Waals surface area contributed by atoms with E-state index in [1.165, 1.54) is 5.56 Å². The summed E-state index contributed by atoms with van der Waals surface area (Å²) in [5.41, 5.74) is 3.43. The summed E-state index contributed by atoms with van der Waals surface area (Å²) in [7, 11) is -0.841.